The van der Waals surface area contributed by atoms with Gasteiger partial charge in [-0.3, -0.25) is 0 Å². The van der Waals surface area contributed by atoms with Gasteiger partial charge in [0, 0.05) is 28.1 Å². The second-order valence-electron chi connectivity index (χ2n) is 9.71. The standard InChI is InChI=1S/C36H33N/c1-6-30(29-21-22-35-33(23-29)25(4)34(7-2)37-35)26(5)36(28-17-12-9-13-18-28)32-20-14-19-31(32)24(3)27-15-10-8-11-16-27/h7-18,20-23,26,37H,1-2,19H2,3-5H3/b31-24+,36-32+. The number of hydrogen-bond acceptors (Lipinski definition) is 0. The number of aromatic nitrogens is 1. The fraction of sp³-hybridized carbons (Fsp3) is 0.139. The van der Waals surface area contributed by atoms with Crippen molar-refractivity contribution in [1.82, 2.24) is 4.98 Å². The molecular weight excluding hydrogens is 446 g/mol. The lowest BCUT2D eigenvalue weighted by atomic mass is 9.80. The van der Waals surface area contributed by atoms with Crippen LogP contribution < -0.4 is 0 Å². The highest BCUT2D eigenvalue weighted by Crippen LogP contribution is 2.43. The summed E-state index contributed by atoms with van der Waals surface area (Å²) in [7, 11) is 0. The molecule has 1 nitrogen and oxygen atoms in total. The molecule has 0 amide bonds. The molecule has 0 saturated heterocycles. The molecule has 4 aromatic rings. The van der Waals surface area contributed by atoms with Crippen LogP contribution in [0, 0.1) is 12.8 Å². The molecule has 5 rings (SSSR count). The molecule has 0 spiro atoms. The molecular formula is C36H33N. The zero-order valence-corrected chi connectivity index (χ0v) is 21.9. The van der Waals surface area contributed by atoms with Crippen molar-refractivity contribution in [3.8, 4) is 0 Å². The quantitative estimate of drug-likeness (QED) is 0.265. The molecule has 0 saturated carbocycles. The number of nitrogens with one attached hydrogen (secondary N) is 1. The monoisotopic (exact) mass is 479 g/mol. The van der Waals surface area contributed by atoms with Crippen LogP contribution in [0.1, 0.15) is 48.2 Å². The van der Waals surface area contributed by atoms with Gasteiger partial charge in [0.05, 0.1) is 0 Å². The minimum Gasteiger partial charge on any atom is -0.355 e. The minimum atomic E-state index is 0.0896. The first-order chi connectivity index (χ1) is 18.0. The smallest absolute Gasteiger partial charge is 0.0461 e. The van der Waals surface area contributed by atoms with E-state index in [1.54, 1.807) is 0 Å². The van der Waals surface area contributed by atoms with Gasteiger partial charge in [0.25, 0.3) is 0 Å². The molecule has 1 aliphatic carbocycles. The third-order valence-electron chi connectivity index (χ3n) is 7.63. The molecule has 0 fully saturated rings. The third kappa shape index (κ3) is 4.51. The summed E-state index contributed by atoms with van der Waals surface area (Å²) in [6, 6.07) is 28.1. The van der Waals surface area contributed by atoms with Crippen molar-refractivity contribution in [2.45, 2.75) is 27.2 Å². The van der Waals surface area contributed by atoms with Gasteiger partial charge in [0.2, 0.25) is 0 Å². The summed E-state index contributed by atoms with van der Waals surface area (Å²) in [6.07, 6.45) is 7.41. The Labute approximate surface area is 220 Å². The molecule has 0 aliphatic heterocycles. The minimum absolute atomic E-state index is 0.0896. The first-order valence-electron chi connectivity index (χ1n) is 12.9. The maximum atomic E-state index is 4.15. The van der Waals surface area contributed by atoms with Crippen molar-refractivity contribution >= 4 is 33.7 Å². The Bertz CT molecular complexity index is 1610. The highest BCUT2D eigenvalue weighted by molar-refractivity contribution is 5.93. The third-order valence-corrected chi connectivity index (χ3v) is 7.63. The van der Waals surface area contributed by atoms with E-state index in [-0.39, 0.29) is 5.92 Å². The van der Waals surface area contributed by atoms with Gasteiger partial charge < -0.3 is 4.98 Å². The van der Waals surface area contributed by atoms with Crippen molar-refractivity contribution in [1.29, 1.82) is 0 Å². The van der Waals surface area contributed by atoms with Crippen LogP contribution in [0.3, 0.4) is 0 Å². The Morgan fingerprint density at radius 3 is 2.27 bits per heavy atom. The van der Waals surface area contributed by atoms with E-state index in [1.165, 1.54) is 44.4 Å². The normalized spacial score (nSPS) is 16.4. The van der Waals surface area contributed by atoms with Gasteiger partial charge in [-0.05, 0) is 83.0 Å². The Balaban J connectivity index is 1.69. The Morgan fingerprint density at radius 1 is 0.946 bits per heavy atom. The highest BCUT2D eigenvalue weighted by atomic mass is 14.7. The van der Waals surface area contributed by atoms with Crippen molar-refractivity contribution in [2.24, 2.45) is 5.92 Å². The molecule has 37 heavy (non-hydrogen) atoms. The van der Waals surface area contributed by atoms with E-state index in [4.69, 9.17) is 0 Å². The van der Waals surface area contributed by atoms with E-state index in [9.17, 15) is 0 Å². The van der Waals surface area contributed by atoms with Crippen LogP contribution in [0.15, 0.2) is 121 Å². The first-order valence-corrected chi connectivity index (χ1v) is 12.9. The number of aryl methyl sites for hydroxylation is 1. The topological polar surface area (TPSA) is 15.8 Å². The number of allylic oxidation sites excluding steroid dienone is 7. The van der Waals surface area contributed by atoms with Gasteiger partial charge in [0.1, 0.15) is 0 Å². The van der Waals surface area contributed by atoms with Gasteiger partial charge in [-0.2, -0.15) is 0 Å². The lowest BCUT2D eigenvalue weighted by Gasteiger charge is -2.23. The largest absolute Gasteiger partial charge is 0.355 e. The van der Waals surface area contributed by atoms with Crippen molar-refractivity contribution in [3.63, 3.8) is 0 Å². The van der Waals surface area contributed by atoms with E-state index in [0.717, 1.165) is 28.8 Å². The summed E-state index contributed by atoms with van der Waals surface area (Å²) in [5.74, 6) is 0.0896. The molecule has 1 aromatic heterocycles. The SMILES string of the molecule is C=C=C(c1ccc2[nH]c(C=C)c(C)c2c1)C(C)/C(=C1/C=CC/C1=C(/C)c1ccccc1)c1ccccc1. The second-order valence-corrected chi connectivity index (χ2v) is 9.71. The van der Waals surface area contributed by atoms with Crippen LogP contribution in [-0.2, 0) is 0 Å². The average molecular weight is 480 g/mol. The van der Waals surface area contributed by atoms with Crippen LogP contribution >= 0.6 is 0 Å². The average Bonchev–Trinajstić information content (AvgIpc) is 3.54. The zero-order chi connectivity index (χ0) is 25.9. The molecule has 1 N–H and O–H groups in total. The van der Waals surface area contributed by atoms with Crippen LogP contribution in [0.5, 0.6) is 0 Å². The van der Waals surface area contributed by atoms with Crippen molar-refractivity contribution in [2.75, 3.05) is 0 Å². The Hall–Kier alpha value is -4.32. The Morgan fingerprint density at radius 2 is 1.62 bits per heavy atom. The van der Waals surface area contributed by atoms with Crippen LogP contribution in [0.4, 0.5) is 0 Å². The van der Waals surface area contributed by atoms with Gasteiger partial charge in [-0.25, -0.2) is 0 Å². The first kappa shape index (κ1) is 24.4. The summed E-state index contributed by atoms with van der Waals surface area (Å²) in [5, 5.41) is 1.21. The van der Waals surface area contributed by atoms with E-state index in [0.29, 0.717) is 0 Å². The molecule has 3 aromatic carbocycles. The number of fused-ring (bicyclic) bond motifs is 1. The fourth-order valence-corrected chi connectivity index (χ4v) is 5.60. The number of benzene rings is 3. The van der Waals surface area contributed by atoms with Gasteiger partial charge >= 0.3 is 0 Å². The summed E-state index contributed by atoms with van der Waals surface area (Å²) < 4.78 is 0. The highest BCUT2D eigenvalue weighted by Gasteiger charge is 2.25. The zero-order valence-electron chi connectivity index (χ0n) is 21.9. The predicted molar refractivity (Wildman–Crippen MR) is 161 cm³/mol. The van der Waals surface area contributed by atoms with E-state index >= 15 is 0 Å². The van der Waals surface area contributed by atoms with Crippen LogP contribution in [0.2, 0.25) is 0 Å². The molecule has 1 unspecified atom stereocenters. The molecule has 1 atom stereocenters. The predicted octanol–water partition coefficient (Wildman–Crippen LogP) is 9.81. The van der Waals surface area contributed by atoms with Gasteiger partial charge in [0.15, 0.2) is 0 Å². The maximum absolute atomic E-state index is 4.15. The summed E-state index contributed by atoms with van der Waals surface area (Å²) in [6.45, 7) is 14.8. The molecule has 1 aliphatic rings. The summed E-state index contributed by atoms with van der Waals surface area (Å²) in [4.78, 5) is 3.47. The Kier molecular flexibility index (Phi) is 6.82. The lowest BCUT2D eigenvalue weighted by Crippen LogP contribution is -2.06. The molecule has 0 radical (unpaired) electrons. The van der Waals surface area contributed by atoms with Crippen LogP contribution in [-0.4, -0.2) is 4.98 Å². The summed E-state index contributed by atoms with van der Waals surface area (Å²) >= 11 is 0. The molecule has 1 heteroatoms. The van der Waals surface area contributed by atoms with E-state index < -0.39 is 0 Å². The lowest BCUT2D eigenvalue weighted by molar-refractivity contribution is 0.982. The van der Waals surface area contributed by atoms with Crippen molar-refractivity contribution < 1.29 is 0 Å². The second kappa shape index (κ2) is 10.3. The number of aromatic amines is 1. The number of rotatable bonds is 6. The van der Waals surface area contributed by atoms with Crippen LogP contribution in [0.25, 0.3) is 33.7 Å². The van der Waals surface area contributed by atoms with E-state index in [1.807, 2.05) is 6.08 Å². The van der Waals surface area contributed by atoms with Gasteiger partial charge in [-0.15, -0.1) is 5.73 Å². The number of hydrogen-bond donors (Lipinski definition) is 1. The van der Waals surface area contributed by atoms with Crippen molar-refractivity contribution in [3.05, 3.63) is 149 Å². The maximum Gasteiger partial charge on any atom is 0.0461 e. The number of H-pyrrole nitrogens is 1. The molecule has 1 heterocycles. The summed E-state index contributed by atoms with van der Waals surface area (Å²) in [5.41, 5.74) is 16.8. The van der Waals surface area contributed by atoms with E-state index in [2.05, 4.69) is 136 Å². The fourth-order valence-electron chi connectivity index (χ4n) is 5.60. The molecule has 0 bridgehead atoms. The van der Waals surface area contributed by atoms with Gasteiger partial charge in [-0.1, -0.05) is 99.0 Å². The molecule has 182 valence electrons.